The number of benzene rings is 1. The van der Waals surface area contributed by atoms with Crippen LogP contribution in [0.4, 0.5) is 4.39 Å². The average molecular weight is 340 g/mol. The zero-order valence-corrected chi connectivity index (χ0v) is 13.4. The van der Waals surface area contributed by atoms with Crippen LogP contribution in [0.2, 0.25) is 5.02 Å². The van der Waals surface area contributed by atoms with Crippen LogP contribution in [0.5, 0.6) is 0 Å². The Bertz CT molecular complexity index is 579. The predicted molar refractivity (Wildman–Crippen MR) is 86.8 cm³/mol. The normalized spacial score (nSPS) is 16.1. The fraction of sp³-hybridized carbons (Fsp3) is 0.438. The summed E-state index contributed by atoms with van der Waals surface area (Å²) in [6.45, 7) is 0. The standard InChI is InChI=1S/C16H19ClFN3O2/c17-13-8-5-9-14(18)12(13)10-19-21-16(23)15(22)20-11-6-3-1-2-4-7-11/h5,8-11H,1-4,6-7H2,(H,20,22)(H,21,23)/b19-10-. The molecule has 0 aromatic heterocycles. The van der Waals surface area contributed by atoms with Crippen molar-refractivity contribution in [3.63, 3.8) is 0 Å². The molecular formula is C16H19ClFN3O2. The highest BCUT2D eigenvalue weighted by molar-refractivity contribution is 6.35. The molecule has 1 aromatic carbocycles. The summed E-state index contributed by atoms with van der Waals surface area (Å²) in [5, 5.41) is 6.46. The Hall–Kier alpha value is -1.95. The highest BCUT2D eigenvalue weighted by atomic mass is 35.5. The Balaban J connectivity index is 1.86. The molecule has 1 aliphatic carbocycles. The van der Waals surface area contributed by atoms with Crippen molar-refractivity contribution in [3.05, 3.63) is 34.6 Å². The van der Waals surface area contributed by atoms with Crippen LogP contribution in [0.15, 0.2) is 23.3 Å². The largest absolute Gasteiger partial charge is 0.345 e. The smallest absolute Gasteiger partial charge is 0.329 e. The highest BCUT2D eigenvalue weighted by Crippen LogP contribution is 2.17. The maximum atomic E-state index is 13.5. The van der Waals surface area contributed by atoms with Gasteiger partial charge < -0.3 is 5.32 Å². The molecule has 7 heteroatoms. The number of nitrogens with one attached hydrogen (secondary N) is 2. The lowest BCUT2D eigenvalue weighted by Crippen LogP contribution is -2.43. The van der Waals surface area contributed by atoms with Gasteiger partial charge in [0.15, 0.2) is 0 Å². The summed E-state index contributed by atoms with van der Waals surface area (Å²) in [7, 11) is 0. The summed E-state index contributed by atoms with van der Waals surface area (Å²) >= 11 is 5.83. The van der Waals surface area contributed by atoms with E-state index in [0.717, 1.165) is 44.7 Å². The minimum atomic E-state index is -0.877. The number of carbonyl (C=O) groups excluding carboxylic acids is 2. The maximum absolute atomic E-state index is 13.5. The van der Waals surface area contributed by atoms with Crippen molar-refractivity contribution in [2.75, 3.05) is 0 Å². The van der Waals surface area contributed by atoms with E-state index in [4.69, 9.17) is 11.6 Å². The summed E-state index contributed by atoms with van der Waals surface area (Å²) in [4.78, 5) is 23.5. The van der Waals surface area contributed by atoms with Crippen LogP contribution in [-0.4, -0.2) is 24.1 Å². The van der Waals surface area contributed by atoms with Crippen molar-refractivity contribution in [1.82, 2.24) is 10.7 Å². The second-order valence-electron chi connectivity index (χ2n) is 5.50. The molecule has 1 fully saturated rings. The zero-order valence-electron chi connectivity index (χ0n) is 12.6. The van der Waals surface area contributed by atoms with E-state index in [1.54, 1.807) is 0 Å². The molecule has 0 spiro atoms. The molecule has 2 N–H and O–H groups in total. The van der Waals surface area contributed by atoms with Crippen molar-refractivity contribution in [1.29, 1.82) is 0 Å². The topological polar surface area (TPSA) is 70.6 Å². The van der Waals surface area contributed by atoms with Crippen molar-refractivity contribution in [3.8, 4) is 0 Å². The fourth-order valence-electron chi connectivity index (χ4n) is 2.51. The molecule has 0 atom stereocenters. The van der Waals surface area contributed by atoms with Crippen LogP contribution in [0.25, 0.3) is 0 Å². The van der Waals surface area contributed by atoms with Crippen LogP contribution < -0.4 is 10.7 Å². The Labute approximate surface area is 139 Å². The number of hydrazone groups is 1. The van der Waals surface area contributed by atoms with E-state index in [9.17, 15) is 14.0 Å². The lowest BCUT2D eigenvalue weighted by atomic mass is 10.1. The number of hydrogen-bond donors (Lipinski definition) is 2. The van der Waals surface area contributed by atoms with Crippen molar-refractivity contribution < 1.29 is 14.0 Å². The lowest BCUT2D eigenvalue weighted by molar-refractivity contribution is -0.139. The van der Waals surface area contributed by atoms with Gasteiger partial charge in [0.05, 0.1) is 11.2 Å². The third-order valence-electron chi connectivity index (χ3n) is 3.76. The van der Waals surface area contributed by atoms with E-state index in [1.807, 2.05) is 0 Å². The van der Waals surface area contributed by atoms with Gasteiger partial charge in [0, 0.05) is 11.6 Å². The summed E-state index contributed by atoms with van der Waals surface area (Å²) in [6, 6.07) is 4.23. The van der Waals surface area contributed by atoms with Gasteiger partial charge in [0.2, 0.25) is 0 Å². The Morgan fingerprint density at radius 1 is 1.17 bits per heavy atom. The van der Waals surface area contributed by atoms with E-state index in [2.05, 4.69) is 15.8 Å². The number of nitrogens with zero attached hydrogens (tertiary/aromatic N) is 1. The van der Waals surface area contributed by atoms with Crippen molar-refractivity contribution >= 4 is 29.6 Å². The van der Waals surface area contributed by atoms with Crippen LogP contribution in [-0.2, 0) is 9.59 Å². The Kier molecular flexibility index (Phi) is 6.52. The molecule has 0 saturated heterocycles. The molecule has 5 nitrogen and oxygen atoms in total. The second-order valence-corrected chi connectivity index (χ2v) is 5.90. The van der Waals surface area contributed by atoms with Gasteiger partial charge in [-0.3, -0.25) is 9.59 Å². The molecule has 1 aliphatic rings. The minimum absolute atomic E-state index is 0.0285. The molecular weight excluding hydrogens is 321 g/mol. The van der Waals surface area contributed by atoms with Crippen LogP contribution >= 0.6 is 11.6 Å². The Morgan fingerprint density at radius 2 is 1.87 bits per heavy atom. The van der Waals surface area contributed by atoms with Gasteiger partial charge >= 0.3 is 11.8 Å². The monoisotopic (exact) mass is 339 g/mol. The molecule has 2 rings (SSSR count). The molecule has 0 aliphatic heterocycles. The number of amides is 2. The predicted octanol–water partition coefficient (Wildman–Crippen LogP) is 2.77. The molecule has 124 valence electrons. The average Bonchev–Trinajstić information content (AvgIpc) is 2.78. The molecule has 0 bridgehead atoms. The summed E-state index contributed by atoms with van der Waals surface area (Å²) in [5.74, 6) is -2.16. The number of carbonyl (C=O) groups is 2. The summed E-state index contributed by atoms with van der Waals surface area (Å²) in [5.41, 5.74) is 2.14. The molecule has 1 saturated carbocycles. The van der Waals surface area contributed by atoms with Crippen molar-refractivity contribution in [2.45, 2.75) is 44.6 Å². The molecule has 0 radical (unpaired) electrons. The first-order valence-corrected chi connectivity index (χ1v) is 8.03. The molecule has 2 amide bonds. The van der Waals surface area contributed by atoms with Gasteiger partial charge in [-0.2, -0.15) is 5.10 Å². The van der Waals surface area contributed by atoms with Gasteiger partial charge in [-0.1, -0.05) is 43.4 Å². The lowest BCUT2D eigenvalue weighted by Gasteiger charge is -2.15. The molecule has 0 heterocycles. The molecule has 23 heavy (non-hydrogen) atoms. The zero-order chi connectivity index (χ0) is 16.7. The summed E-state index contributed by atoms with van der Waals surface area (Å²) in [6.07, 6.45) is 7.26. The first-order chi connectivity index (χ1) is 11.1. The van der Waals surface area contributed by atoms with Crippen LogP contribution in [0.1, 0.15) is 44.1 Å². The highest BCUT2D eigenvalue weighted by Gasteiger charge is 2.19. The van der Waals surface area contributed by atoms with E-state index < -0.39 is 17.6 Å². The van der Waals surface area contributed by atoms with E-state index in [-0.39, 0.29) is 16.6 Å². The number of hydrogen-bond acceptors (Lipinski definition) is 3. The van der Waals surface area contributed by atoms with Crippen LogP contribution in [0.3, 0.4) is 0 Å². The third kappa shape index (κ3) is 5.32. The first kappa shape index (κ1) is 17.4. The third-order valence-corrected chi connectivity index (χ3v) is 4.09. The van der Waals surface area contributed by atoms with Gasteiger partial charge in [-0.25, -0.2) is 9.82 Å². The number of halogens is 2. The van der Waals surface area contributed by atoms with E-state index in [0.29, 0.717) is 0 Å². The van der Waals surface area contributed by atoms with Gasteiger partial charge in [0.25, 0.3) is 0 Å². The number of rotatable bonds is 3. The molecule has 0 unspecified atom stereocenters. The maximum Gasteiger partial charge on any atom is 0.329 e. The summed E-state index contributed by atoms with van der Waals surface area (Å²) < 4.78 is 13.5. The quantitative estimate of drug-likeness (QED) is 0.385. The van der Waals surface area contributed by atoms with E-state index >= 15 is 0 Å². The first-order valence-electron chi connectivity index (χ1n) is 7.66. The molecule has 1 aromatic rings. The van der Waals surface area contributed by atoms with Crippen molar-refractivity contribution in [2.24, 2.45) is 5.10 Å². The minimum Gasteiger partial charge on any atom is -0.345 e. The fourth-order valence-corrected chi connectivity index (χ4v) is 2.73. The van der Waals surface area contributed by atoms with Gasteiger partial charge in [-0.15, -0.1) is 0 Å². The second kappa shape index (κ2) is 8.62. The van der Waals surface area contributed by atoms with E-state index in [1.165, 1.54) is 18.2 Å². The SMILES string of the molecule is O=C(N/N=C\c1c(F)cccc1Cl)C(=O)NC1CCCCCC1. The van der Waals surface area contributed by atoms with Crippen LogP contribution in [0, 0.1) is 5.82 Å². The Morgan fingerprint density at radius 3 is 2.52 bits per heavy atom. The van der Waals surface area contributed by atoms with Gasteiger partial charge in [-0.05, 0) is 25.0 Å². The van der Waals surface area contributed by atoms with Gasteiger partial charge in [0.1, 0.15) is 5.82 Å².